The fourth-order valence-electron chi connectivity index (χ4n) is 1.76. The predicted molar refractivity (Wildman–Crippen MR) is 76.3 cm³/mol. The SMILES string of the molecule is CNc1nc(-c2ccc(OC)cc2)nc(-n2cncn2)n1. The van der Waals surface area contributed by atoms with Crippen molar-refractivity contribution in [2.45, 2.75) is 0 Å². The van der Waals surface area contributed by atoms with Gasteiger partial charge < -0.3 is 10.1 Å². The van der Waals surface area contributed by atoms with Crippen molar-refractivity contribution >= 4 is 5.95 Å². The van der Waals surface area contributed by atoms with E-state index in [4.69, 9.17) is 4.74 Å². The molecule has 0 saturated carbocycles. The second-order valence-electron chi connectivity index (χ2n) is 4.10. The molecule has 0 spiro atoms. The molecule has 0 atom stereocenters. The number of hydrogen-bond acceptors (Lipinski definition) is 7. The van der Waals surface area contributed by atoms with Crippen molar-refractivity contribution in [1.82, 2.24) is 29.7 Å². The van der Waals surface area contributed by atoms with Crippen molar-refractivity contribution in [3.05, 3.63) is 36.9 Å². The van der Waals surface area contributed by atoms with Crippen LogP contribution < -0.4 is 10.1 Å². The first kappa shape index (κ1) is 13.0. The largest absolute Gasteiger partial charge is 0.497 e. The lowest BCUT2D eigenvalue weighted by Crippen LogP contribution is -2.08. The topological polar surface area (TPSA) is 90.6 Å². The van der Waals surface area contributed by atoms with Gasteiger partial charge in [-0.25, -0.2) is 4.98 Å². The second kappa shape index (κ2) is 5.53. The van der Waals surface area contributed by atoms with Crippen LogP contribution in [0.4, 0.5) is 5.95 Å². The van der Waals surface area contributed by atoms with Crippen LogP contribution in [0, 0.1) is 0 Å². The molecule has 2 aromatic heterocycles. The highest BCUT2D eigenvalue weighted by Crippen LogP contribution is 2.20. The van der Waals surface area contributed by atoms with E-state index in [2.05, 4.69) is 30.4 Å². The molecule has 0 aliphatic heterocycles. The van der Waals surface area contributed by atoms with E-state index < -0.39 is 0 Å². The van der Waals surface area contributed by atoms with Crippen LogP contribution in [0.25, 0.3) is 17.3 Å². The van der Waals surface area contributed by atoms with Gasteiger partial charge in [-0.3, -0.25) is 0 Å². The summed E-state index contributed by atoms with van der Waals surface area (Å²) in [5.41, 5.74) is 0.857. The summed E-state index contributed by atoms with van der Waals surface area (Å²) in [7, 11) is 3.37. The molecule has 8 heteroatoms. The fourth-order valence-corrected chi connectivity index (χ4v) is 1.76. The summed E-state index contributed by atoms with van der Waals surface area (Å²) < 4.78 is 6.63. The van der Waals surface area contributed by atoms with Gasteiger partial charge in [0.2, 0.25) is 5.95 Å². The van der Waals surface area contributed by atoms with Crippen LogP contribution in [0.15, 0.2) is 36.9 Å². The third kappa shape index (κ3) is 2.64. The van der Waals surface area contributed by atoms with Gasteiger partial charge in [-0.05, 0) is 24.3 Å². The predicted octanol–water partition coefficient (Wildman–Crippen LogP) is 1.17. The Bertz CT molecular complexity index is 725. The van der Waals surface area contributed by atoms with Crippen LogP contribution in [0.5, 0.6) is 5.75 Å². The van der Waals surface area contributed by atoms with Crippen LogP contribution in [0.1, 0.15) is 0 Å². The normalized spacial score (nSPS) is 10.4. The average molecular weight is 283 g/mol. The highest BCUT2D eigenvalue weighted by molar-refractivity contribution is 5.58. The number of ether oxygens (including phenoxy) is 1. The fraction of sp³-hybridized carbons (Fsp3) is 0.154. The van der Waals surface area contributed by atoms with Gasteiger partial charge in [0.15, 0.2) is 5.82 Å². The summed E-state index contributed by atoms with van der Waals surface area (Å²) in [5.74, 6) is 2.18. The highest BCUT2D eigenvalue weighted by Gasteiger charge is 2.10. The number of nitrogens with one attached hydrogen (secondary N) is 1. The van der Waals surface area contributed by atoms with Gasteiger partial charge in [0, 0.05) is 12.6 Å². The standard InChI is InChI=1S/C13H13N7O/c1-14-12-17-11(9-3-5-10(21-2)6-4-9)18-13(19-12)20-8-15-7-16-20/h3-8H,1-2H3,(H,14,17,18,19). The first-order valence-electron chi connectivity index (χ1n) is 6.23. The van der Waals surface area contributed by atoms with Crippen LogP contribution in [-0.2, 0) is 0 Å². The van der Waals surface area contributed by atoms with E-state index in [1.165, 1.54) is 17.3 Å². The Morgan fingerprint density at radius 2 is 1.90 bits per heavy atom. The Labute approximate surface area is 120 Å². The Balaban J connectivity index is 2.06. The molecule has 1 aromatic carbocycles. The maximum absolute atomic E-state index is 5.14. The molecule has 21 heavy (non-hydrogen) atoms. The number of anilines is 1. The van der Waals surface area contributed by atoms with Gasteiger partial charge in [-0.1, -0.05) is 0 Å². The molecule has 8 nitrogen and oxygen atoms in total. The Morgan fingerprint density at radius 1 is 1.10 bits per heavy atom. The first-order valence-corrected chi connectivity index (χ1v) is 6.23. The van der Waals surface area contributed by atoms with Crippen molar-refractivity contribution < 1.29 is 4.74 Å². The molecule has 2 heterocycles. The van der Waals surface area contributed by atoms with Gasteiger partial charge in [-0.2, -0.15) is 24.7 Å². The zero-order valence-corrected chi connectivity index (χ0v) is 11.6. The Kier molecular flexibility index (Phi) is 3.42. The molecule has 106 valence electrons. The summed E-state index contributed by atoms with van der Waals surface area (Å²) in [6.45, 7) is 0. The summed E-state index contributed by atoms with van der Waals surface area (Å²) >= 11 is 0. The maximum Gasteiger partial charge on any atom is 0.257 e. The smallest absolute Gasteiger partial charge is 0.257 e. The van der Waals surface area contributed by atoms with Gasteiger partial charge in [-0.15, -0.1) is 0 Å². The number of rotatable bonds is 4. The molecule has 0 fully saturated rings. The van der Waals surface area contributed by atoms with E-state index in [1.54, 1.807) is 14.2 Å². The van der Waals surface area contributed by atoms with E-state index in [1.807, 2.05) is 24.3 Å². The summed E-state index contributed by atoms with van der Waals surface area (Å²) in [6.07, 6.45) is 2.96. The van der Waals surface area contributed by atoms with Crippen LogP contribution in [0.2, 0.25) is 0 Å². The lowest BCUT2D eigenvalue weighted by Gasteiger charge is -2.07. The number of methoxy groups -OCH3 is 1. The zero-order valence-electron chi connectivity index (χ0n) is 11.6. The lowest BCUT2D eigenvalue weighted by atomic mass is 10.2. The van der Waals surface area contributed by atoms with Crippen molar-refractivity contribution in [1.29, 1.82) is 0 Å². The van der Waals surface area contributed by atoms with E-state index in [9.17, 15) is 0 Å². The summed E-state index contributed by atoms with van der Waals surface area (Å²) in [6, 6.07) is 7.48. The molecular weight excluding hydrogens is 270 g/mol. The second-order valence-corrected chi connectivity index (χ2v) is 4.10. The molecule has 0 bridgehead atoms. The molecule has 1 N–H and O–H groups in total. The van der Waals surface area contributed by atoms with Crippen molar-refractivity contribution in [3.63, 3.8) is 0 Å². The van der Waals surface area contributed by atoms with Crippen molar-refractivity contribution in [3.8, 4) is 23.1 Å². The van der Waals surface area contributed by atoms with Crippen LogP contribution in [-0.4, -0.2) is 43.9 Å². The minimum atomic E-state index is 0.401. The van der Waals surface area contributed by atoms with Gasteiger partial charge in [0.1, 0.15) is 18.4 Å². The summed E-state index contributed by atoms with van der Waals surface area (Å²) in [4.78, 5) is 16.9. The van der Waals surface area contributed by atoms with Gasteiger partial charge >= 0.3 is 0 Å². The monoisotopic (exact) mass is 283 g/mol. The van der Waals surface area contributed by atoms with Crippen molar-refractivity contribution in [2.24, 2.45) is 0 Å². The van der Waals surface area contributed by atoms with Crippen molar-refractivity contribution in [2.75, 3.05) is 19.5 Å². The molecule has 0 amide bonds. The molecule has 0 aliphatic carbocycles. The van der Waals surface area contributed by atoms with E-state index in [0.717, 1.165) is 11.3 Å². The van der Waals surface area contributed by atoms with Crippen LogP contribution >= 0.6 is 0 Å². The van der Waals surface area contributed by atoms with Gasteiger partial charge in [0.25, 0.3) is 5.95 Å². The minimum Gasteiger partial charge on any atom is -0.497 e. The number of aromatic nitrogens is 6. The van der Waals surface area contributed by atoms with E-state index >= 15 is 0 Å². The molecule has 3 rings (SSSR count). The van der Waals surface area contributed by atoms with E-state index in [-0.39, 0.29) is 0 Å². The molecule has 0 unspecified atom stereocenters. The van der Waals surface area contributed by atoms with Gasteiger partial charge in [0.05, 0.1) is 7.11 Å². The molecular formula is C13H13N7O. The Morgan fingerprint density at radius 3 is 2.52 bits per heavy atom. The maximum atomic E-state index is 5.14. The number of nitrogens with zero attached hydrogens (tertiary/aromatic N) is 6. The number of hydrogen-bond donors (Lipinski definition) is 1. The molecule has 0 saturated heterocycles. The quantitative estimate of drug-likeness (QED) is 0.768. The zero-order chi connectivity index (χ0) is 14.7. The Hall–Kier alpha value is -3.03. The lowest BCUT2D eigenvalue weighted by molar-refractivity contribution is 0.415. The molecule has 0 aliphatic rings. The number of benzene rings is 1. The minimum absolute atomic E-state index is 0.401. The summed E-state index contributed by atoms with van der Waals surface area (Å²) in [5, 5.41) is 6.94. The third-order valence-corrected chi connectivity index (χ3v) is 2.82. The van der Waals surface area contributed by atoms with E-state index in [0.29, 0.717) is 17.7 Å². The average Bonchev–Trinajstić information content (AvgIpc) is 3.09. The third-order valence-electron chi connectivity index (χ3n) is 2.82. The first-order chi connectivity index (χ1) is 10.3. The van der Waals surface area contributed by atoms with Crippen LogP contribution in [0.3, 0.4) is 0 Å². The molecule has 0 radical (unpaired) electrons. The highest BCUT2D eigenvalue weighted by atomic mass is 16.5. The molecule has 3 aromatic rings.